The lowest BCUT2D eigenvalue weighted by Gasteiger charge is -2.22. The van der Waals surface area contributed by atoms with Crippen molar-refractivity contribution in [3.05, 3.63) is 90.9 Å². The predicted molar refractivity (Wildman–Crippen MR) is 128 cm³/mol. The lowest BCUT2D eigenvalue weighted by molar-refractivity contribution is -0.384. The summed E-state index contributed by atoms with van der Waals surface area (Å²) in [7, 11) is 1.20. The van der Waals surface area contributed by atoms with Gasteiger partial charge >= 0.3 is 11.9 Å². The molecule has 12 heteroatoms. The number of aryl methyl sites for hydroxylation is 1. The van der Waals surface area contributed by atoms with Gasteiger partial charge in [-0.15, -0.1) is 0 Å². The van der Waals surface area contributed by atoms with E-state index >= 15 is 0 Å². The lowest BCUT2D eigenvalue weighted by atomic mass is 9.95. The van der Waals surface area contributed by atoms with E-state index in [1.165, 1.54) is 55.6 Å². The maximum absolute atomic E-state index is 13.2. The van der Waals surface area contributed by atoms with E-state index in [-0.39, 0.29) is 38.1 Å². The third kappa shape index (κ3) is 4.27. The first-order valence-electron chi connectivity index (χ1n) is 10.0. The number of esters is 1. The van der Waals surface area contributed by atoms with E-state index < -0.39 is 34.4 Å². The number of aliphatic hydroxyl groups excluding tert-OH is 1. The van der Waals surface area contributed by atoms with Gasteiger partial charge < -0.3 is 9.84 Å². The van der Waals surface area contributed by atoms with Gasteiger partial charge in [-0.05, 0) is 36.8 Å². The zero-order valence-corrected chi connectivity index (χ0v) is 19.8. The third-order valence-electron chi connectivity index (χ3n) is 5.32. The third-order valence-corrected chi connectivity index (χ3v) is 6.71. The number of benzene rings is 2. The molecular weight excluding hydrogens is 498 g/mol. The molecule has 1 aliphatic heterocycles. The molecule has 1 N–H and O–H groups in total. The fraction of sp³-hybridized carbons (Fsp3) is 0.130. The van der Waals surface area contributed by atoms with Gasteiger partial charge in [-0.25, -0.2) is 9.78 Å². The Bertz CT molecular complexity index is 1410. The standard InChI is InChI=1S/C23H16ClN3O7S/c1-11-20(22(31)34-2)35-23(25-11)26-17(13-4-3-5-15(10-13)27(32)33)16(19(29)21(26)30)18(28)12-6-8-14(24)9-7-12/h3-10,17,28H,1-2H3/t17-/m1/s1. The Morgan fingerprint density at radius 1 is 1.23 bits per heavy atom. The first-order valence-corrected chi connectivity index (χ1v) is 11.2. The van der Waals surface area contributed by atoms with Gasteiger partial charge in [-0.1, -0.05) is 35.1 Å². The van der Waals surface area contributed by atoms with E-state index in [1.807, 2.05) is 0 Å². The molecule has 1 aromatic heterocycles. The Balaban J connectivity index is 1.96. The Labute approximate surface area is 207 Å². The smallest absolute Gasteiger partial charge is 0.350 e. The van der Waals surface area contributed by atoms with Crippen molar-refractivity contribution < 1.29 is 29.2 Å². The summed E-state index contributed by atoms with van der Waals surface area (Å²) < 4.78 is 4.75. The number of halogens is 1. The number of anilines is 1. The number of nitro benzene ring substituents is 1. The summed E-state index contributed by atoms with van der Waals surface area (Å²) in [5, 5.41) is 22.9. The summed E-state index contributed by atoms with van der Waals surface area (Å²) in [6, 6.07) is 10.1. The van der Waals surface area contributed by atoms with Gasteiger partial charge in [0.1, 0.15) is 10.6 Å². The van der Waals surface area contributed by atoms with Gasteiger partial charge in [0, 0.05) is 22.7 Å². The van der Waals surface area contributed by atoms with E-state index in [2.05, 4.69) is 4.98 Å². The second-order valence-corrected chi connectivity index (χ2v) is 8.84. The summed E-state index contributed by atoms with van der Waals surface area (Å²) in [4.78, 5) is 54.7. The molecule has 2 aromatic carbocycles. The molecule has 0 saturated carbocycles. The van der Waals surface area contributed by atoms with Crippen molar-refractivity contribution in [2.75, 3.05) is 12.0 Å². The van der Waals surface area contributed by atoms with Crippen molar-refractivity contribution in [2.24, 2.45) is 0 Å². The minimum Gasteiger partial charge on any atom is -0.507 e. The Hall–Kier alpha value is -4.09. The maximum atomic E-state index is 13.2. The quantitative estimate of drug-likeness (QED) is 0.132. The van der Waals surface area contributed by atoms with Crippen molar-refractivity contribution in [3.63, 3.8) is 0 Å². The molecule has 1 saturated heterocycles. The number of carbonyl (C=O) groups is 3. The lowest BCUT2D eigenvalue weighted by Crippen LogP contribution is -2.29. The van der Waals surface area contributed by atoms with E-state index in [1.54, 1.807) is 6.92 Å². The van der Waals surface area contributed by atoms with Crippen LogP contribution in [0, 0.1) is 17.0 Å². The molecule has 10 nitrogen and oxygen atoms in total. The summed E-state index contributed by atoms with van der Waals surface area (Å²) in [6.45, 7) is 1.54. The number of Topliss-reactive ketones (excluding diaryl/α,β-unsaturated/α-hetero) is 1. The summed E-state index contributed by atoms with van der Waals surface area (Å²) in [5.74, 6) is -3.18. The molecule has 4 rings (SSSR count). The molecule has 2 heterocycles. The van der Waals surface area contributed by atoms with Crippen molar-refractivity contribution in [2.45, 2.75) is 13.0 Å². The largest absolute Gasteiger partial charge is 0.507 e. The van der Waals surface area contributed by atoms with Crippen LogP contribution in [0.4, 0.5) is 10.8 Å². The summed E-state index contributed by atoms with van der Waals surface area (Å²) in [5.41, 5.74) is 0.125. The highest BCUT2D eigenvalue weighted by atomic mass is 35.5. The molecule has 0 aliphatic carbocycles. The number of hydrogen-bond donors (Lipinski definition) is 1. The first kappa shape index (κ1) is 24.0. The minimum atomic E-state index is -1.25. The predicted octanol–water partition coefficient (Wildman–Crippen LogP) is 4.43. The fourth-order valence-corrected chi connectivity index (χ4v) is 4.82. The van der Waals surface area contributed by atoms with Gasteiger partial charge in [-0.3, -0.25) is 24.6 Å². The Morgan fingerprint density at radius 2 is 1.91 bits per heavy atom. The number of rotatable bonds is 5. The summed E-state index contributed by atoms with van der Waals surface area (Å²) in [6.07, 6.45) is 0. The number of hydrogen-bond acceptors (Lipinski definition) is 9. The van der Waals surface area contributed by atoms with Crippen LogP contribution in [-0.4, -0.2) is 39.8 Å². The highest BCUT2D eigenvalue weighted by Crippen LogP contribution is 2.44. The molecule has 1 atom stereocenters. The monoisotopic (exact) mass is 513 g/mol. The number of nitro groups is 1. The van der Waals surface area contributed by atoms with Gasteiger partial charge in [0.2, 0.25) is 0 Å². The number of non-ortho nitro benzene ring substituents is 1. The van der Waals surface area contributed by atoms with Crippen molar-refractivity contribution in [1.82, 2.24) is 4.98 Å². The molecule has 1 aliphatic rings. The summed E-state index contributed by atoms with van der Waals surface area (Å²) >= 11 is 6.75. The topological polar surface area (TPSA) is 140 Å². The van der Waals surface area contributed by atoms with Gasteiger partial charge in [0.05, 0.1) is 29.3 Å². The van der Waals surface area contributed by atoms with Gasteiger partial charge in [0.15, 0.2) is 5.13 Å². The first-order chi connectivity index (χ1) is 16.6. The zero-order chi connectivity index (χ0) is 25.4. The van der Waals surface area contributed by atoms with Crippen LogP contribution >= 0.6 is 22.9 Å². The zero-order valence-electron chi connectivity index (χ0n) is 18.2. The maximum Gasteiger partial charge on any atom is 0.350 e. The average molecular weight is 514 g/mol. The van der Waals surface area contributed by atoms with E-state index in [0.717, 1.165) is 16.2 Å². The molecule has 0 radical (unpaired) electrons. The van der Waals surface area contributed by atoms with E-state index in [4.69, 9.17) is 16.3 Å². The number of aromatic nitrogens is 1. The van der Waals surface area contributed by atoms with Gasteiger partial charge in [0.25, 0.3) is 11.5 Å². The number of ketones is 1. The van der Waals surface area contributed by atoms with Crippen LogP contribution in [0.5, 0.6) is 0 Å². The highest BCUT2D eigenvalue weighted by Gasteiger charge is 2.48. The molecule has 178 valence electrons. The van der Waals surface area contributed by atoms with Crippen LogP contribution < -0.4 is 4.90 Å². The highest BCUT2D eigenvalue weighted by molar-refractivity contribution is 7.17. The number of carbonyl (C=O) groups excluding carboxylic acids is 3. The van der Waals surface area contributed by atoms with Crippen molar-refractivity contribution in [1.29, 1.82) is 0 Å². The number of ether oxygens (including phenoxy) is 1. The number of aliphatic hydroxyl groups is 1. The Morgan fingerprint density at radius 3 is 2.54 bits per heavy atom. The van der Waals surface area contributed by atoms with Gasteiger partial charge in [-0.2, -0.15) is 0 Å². The molecule has 0 unspecified atom stereocenters. The molecule has 0 spiro atoms. The molecule has 1 amide bonds. The fourth-order valence-electron chi connectivity index (χ4n) is 3.68. The molecule has 0 bridgehead atoms. The Kier molecular flexibility index (Phi) is 6.37. The van der Waals surface area contributed by atoms with Crippen molar-refractivity contribution in [3.8, 4) is 0 Å². The molecular formula is C23H16ClN3O7S. The normalized spacial score (nSPS) is 17.0. The SMILES string of the molecule is COC(=O)c1sc(N2C(=O)C(=O)C(=C(O)c3ccc(Cl)cc3)[C@H]2c2cccc([N+](=O)[O-])c2)nc1C. The van der Waals surface area contributed by atoms with E-state index in [0.29, 0.717) is 5.02 Å². The second-order valence-electron chi connectivity index (χ2n) is 7.43. The number of thiazole rings is 1. The number of amides is 1. The molecule has 3 aromatic rings. The van der Waals surface area contributed by atoms with Crippen LogP contribution in [0.3, 0.4) is 0 Å². The van der Waals surface area contributed by atoms with Crippen molar-refractivity contribution >= 4 is 57.2 Å². The van der Waals surface area contributed by atoms with Crippen LogP contribution in [-0.2, 0) is 14.3 Å². The molecule has 35 heavy (non-hydrogen) atoms. The second kappa shape index (κ2) is 9.28. The van der Waals surface area contributed by atoms with E-state index in [9.17, 15) is 29.6 Å². The van der Waals surface area contributed by atoms with Crippen LogP contribution in [0.1, 0.15) is 32.5 Å². The molecule has 1 fully saturated rings. The minimum absolute atomic E-state index is 0.00309. The average Bonchev–Trinajstić information content (AvgIpc) is 3.35. The number of nitrogens with zero attached hydrogens (tertiary/aromatic N) is 3. The number of methoxy groups -OCH3 is 1. The van der Waals surface area contributed by atoms with Crippen LogP contribution in [0.2, 0.25) is 5.02 Å². The van der Waals surface area contributed by atoms with Crippen LogP contribution in [0.25, 0.3) is 5.76 Å². The van der Waals surface area contributed by atoms with Crippen LogP contribution in [0.15, 0.2) is 54.1 Å².